The molecule has 0 aliphatic heterocycles. The van der Waals surface area contributed by atoms with Crippen LogP contribution in [-0.2, 0) is 0 Å². The standard InChI is InChI=1S/C16H27N3O5/c1-3-4-5-6-7-8-9-17-16(20)13-10-14(18(21)22)12(2)15(11-13)19(23)24/h10-11,18-19,21,23H,3-9H2,1-2H3,(H,17,20). The van der Waals surface area contributed by atoms with Gasteiger partial charge in [-0.2, -0.15) is 10.5 Å². The molecule has 0 aliphatic carbocycles. The second-order valence-corrected chi connectivity index (χ2v) is 5.83. The van der Waals surface area contributed by atoms with Crippen LogP contribution in [0.3, 0.4) is 0 Å². The van der Waals surface area contributed by atoms with E-state index in [1.54, 1.807) is 0 Å². The molecule has 1 rings (SSSR count). The molecule has 136 valence electrons. The van der Waals surface area contributed by atoms with Crippen molar-refractivity contribution < 1.29 is 25.7 Å². The number of carbonyl (C=O) groups is 1. The Labute approximate surface area is 141 Å². The summed E-state index contributed by atoms with van der Waals surface area (Å²) in [6, 6.07) is 2.45. The first-order valence-corrected chi connectivity index (χ1v) is 8.27. The third-order valence-electron chi connectivity index (χ3n) is 3.95. The molecule has 0 fully saturated rings. The fraction of sp³-hybridized carbons (Fsp3) is 0.562. The Hall–Kier alpha value is -1.55. The van der Waals surface area contributed by atoms with Crippen LogP contribution in [0.5, 0.6) is 0 Å². The predicted octanol–water partition coefficient (Wildman–Crippen LogP) is 0.892. The average Bonchev–Trinajstić information content (AvgIpc) is 2.53. The number of hydrogen-bond donors (Lipinski definition) is 5. The third-order valence-corrected chi connectivity index (χ3v) is 3.95. The summed E-state index contributed by atoms with van der Waals surface area (Å²) >= 11 is 0. The molecule has 0 bridgehead atoms. The number of amides is 1. The van der Waals surface area contributed by atoms with Crippen LogP contribution in [0.15, 0.2) is 12.1 Å². The van der Waals surface area contributed by atoms with E-state index in [0.717, 1.165) is 19.3 Å². The average molecular weight is 341 g/mol. The number of hydrogen-bond acceptors (Lipinski definition) is 5. The monoisotopic (exact) mass is 341 g/mol. The molecule has 2 unspecified atom stereocenters. The van der Waals surface area contributed by atoms with E-state index in [4.69, 9.17) is 0 Å². The quantitative estimate of drug-likeness (QED) is 0.319. The largest absolute Gasteiger partial charge is 0.595 e. The number of rotatable bonds is 10. The van der Waals surface area contributed by atoms with Crippen molar-refractivity contribution in [1.29, 1.82) is 0 Å². The second-order valence-electron chi connectivity index (χ2n) is 5.83. The Bertz CT molecular complexity index is 505. The molecule has 1 aromatic carbocycles. The molecule has 8 nitrogen and oxygen atoms in total. The maximum atomic E-state index is 12.1. The van der Waals surface area contributed by atoms with Gasteiger partial charge in [0.25, 0.3) is 5.91 Å². The van der Waals surface area contributed by atoms with Crippen molar-refractivity contribution in [3.05, 3.63) is 33.7 Å². The van der Waals surface area contributed by atoms with Crippen molar-refractivity contribution >= 4 is 17.3 Å². The molecule has 0 radical (unpaired) electrons. The highest BCUT2D eigenvalue weighted by molar-refractivity contribution is 5.95. The Morgan fingerprint density at radius 3 is 2.04 bits per heavy atom. The second kappa shape index (κ2) is 10.3. The lowest BCUT2D eigenvalue weighted by molar-refractivity contribution is -0.996. The van der Waals surface area contributed by atoms with Gasteiger partial charge in [0.1, 0.15) is 0 Å². The molecule has 24 heavy (non-hydrogen) atoms. The molecule has 1 amide bonds. The highest BCUT2D eigenvalue weighted by Crippen LogP contribution is 2.20. The van der Waals surface area contributed by atoms with Crippen LogP contribution in [0, 0.1) is 17.3 Å². The maximum Gasteiger partial charge on any atom is 0.251 e. The number of quaternary nitrogens is 2. The highest BCUT2D eigenvalue weighted by atomic mass is 16.8. The summed E-state index contributed by atoms with van der Waals surface area (Å²) in [6.07, 6.45) is 6.58. The molecular formula is C16H27N3O5. The van der Waals surface area contributed by atoms with E-state index >= 15 is 0 Å². The van der Waals surface area contributed by atoms with Crippen LogP contribution in [0.1, 0.15) is 61.4 Å². The number of carbonyl (C=O) groups excluding carboxylic acids is 1. The van der Waals surface area contributed by atoms with E-state index in [9.17, 15) is 25.6 Å². The van der Waals surface area contributed by atoms with E-state index in [2.05, 4.69) is 12.2 Å². The SMILES string of the molecule is CCCCCCCCNC(=O)c1cc([NH+]([O-])O)c(C)c([NH+]([O-])O)c1. The zero-order valence-electron chi connectivity index (χ0n) is 14.2. The summed E-state index contributed by atoms with van der Waals surface area (Å²) in [5.74, 6) is -0.450. The molecule has 0 saturated heterocycles. The minimum absolute atomic E-state index is 0.0568. The Kier molecular flexibility index (Phi) is 8.83. The van der Waals surface area contributed by atoms with E-state index in [0.29, 0.717) is 6.54 Å². The smallest absolute Gasteiger partial charge is 0.251 e. The third kappa shape index (κ3) is 6.16. The summed E-state index contributed by atoms with van der Waals surface area (Å²) in [4.78, 5) is 12.1. The lowest BCUT2D eigenvalue weighted by atomic mass is 10.1. The first-order chi connectivity index (χ1) is 11.4. The molecular weight excluding hydrogens is 314 g/mol. The minimum atomic E-state index is -1.25. The molecule has 1 aromatic rings. The van der Waals surface area contributed by atoms with Crippen LogP contribution >= 0.6 is 0 Å². The van der Waals surface area contributed by atoms with Gasteiger partial charge >= 0.3 is 0 Å². The molecule has 0 heterocycles. The van der Waals surface area contributed by atoms with Gasteiger partial charge in [-0.05, 0) is 13.3 Å². The van der Waals surface area contributed by atoms with Gasteiger partial charge in [-0.25, -0.2) is 10.4 Å². The maximum absolute atomic E-state index is 12.1. The summed E-state index contributed by atoms with van der Waals surface area (Å²) in [5.41, 5.74) is -0.136. The van der Waals surface area contributed by atoms with Crippen molar-refractivity contribution in [3.63, 3.8) is 0 Å². The van der Waals surface area contributed by atoms with E-state index in [1.807, 2.05) is 0 Å². The summed E-state index contributed by atoms with van der Waals surface area (Å²) in [7, 11) is 0. The van der Waals surface area contributed by atoms with Crippen molar-refractivity contribution in [2.24, 2.45) is 0 Å². The van der Waals surface area contributed by atoms with Crippen LogP contribution in [-0.4, -0.2) is 22.9 Å². The van der Waals surface area contributed by atoms with Crippen molar-refractivity contribution in [3.8, 4) is 0 Å². The number of nitrogens with one attached hydrogen (secondary N) is 3. The molecule has 5 N–H and O–H groups in total. The van der Waals surface area contributed by atoms with Gasteiger partial charge in [0.2, 0.25) is 0 Å². The van der Waals surface area contributed by atoms with E-state index < -0.39 is 16.4 Å². The Morgan fingerprint density at radius 1 is 1.04 bits per heavy atom. The van der Waals surface area contributed by atoms with Crippen molar-refractivity contribution in [2.75, 3.05) is 6.54 Å². The lowest BCUT2D eigenvalue weighted by Gasteiger charge is -2.20. The lowest BCUT2D eigenvalue weighted by Crippen LogP contribution is -3.01. The van der Waals surface area contributed by atoms with Gasteiger partial charge in [0, 0.05) is 18.7 Å². The van der Waals surface area contributed by atoms with E-state index in [1.165, 1.54) is 38.3 Å². The molecule has 0 aromatic heterocycles. The summed E-state index contributed by atoms with van der Waals surface area (Å²) in [6.45, 7) is 4.06. The first-order valence-electron chi connectivity index (χ1n) is 8.27. The zero-order chi connectivity index (χ0) is 18.1. The van der Waals surface area contributed by atoms with Crippen molar-refractivity contribution in [1.82, 2.24) is 5.32 Å². The van der Waals surface area contributed by atoms with Crippen LogP contribution < -0.4 is 15.8 Å². The van der Waals surface area contributed by atoms with Gasteiger partial charge in [0.15, 0.2) is 11.4 Å². The predicted molar refractivity (Wildman–Crippen MR) is 88.4 cm³/mol. The molecule has 0 saturated carbocycles. The van der Waals surface area contributed by atoms with Gasteiger partial charge in [-0.1, -0.05) is 39.0 Å². The highest BCUT2D eigenvalue weighted by Gasteiger charge is 2.20. The van der Waals surface area contributed by atoms with Gasteiger partial charge in [-0.3, -0.25) is 4.79 Å². The van der Waals surface area contributed by atoms with Gasteiger partial charge < -0.3 is 15.7 Å². The molecule has 2 atom stereocenters. The van der Waals surface area contributed by atoms with Gasteiger partial charge in [-0.15, -0.1) is 0 Å². The van der Waals surface area contributed by atoms with E-state index in [-0.39, 0.29) is 22.5 Å². The number of benzene rings is 1. The minimum Gasteiger partial charge on any atom is -0.595 e. The molecule has 0 spiro atoms. The normalized spacial score (nSPS) is 13.6. The van der Waals surface area contributed by atoms with Crippen LogP contribution in [0.25, 0.3) is 0 Å². The summed E-state index contributed by atoms with van der Waals surface area (Å²) in [5, 5.41) is 41.0. The molecule has 8 heteroatoms. The zero-order valence-corrected chi connectivity index (χ0v) is 14.2. The Balaban J connectivity index is 2.66. The first kappa shape index (κ1) is 20.5. The summed E-state index contributed by atoms with van der Waals surface area (Å²) < 4.78 is 0. The topological polar surface area (TPSA) is 125 Å². The van der Waals surface area contributed by atoms with Gasteiger partial charge in [0.05, 0.1) is 11.1 Å². The molecule has 0 aliphatic rings. The Morgan fingerprint density at radius 2 is 1.54 bits per heavy atom. The fourth-order valence-corrected chi connectivity index (χ4v) is 2.50. The van der Waals surface area contributed by atoms with Crippen LogP contribution in [0.2, 0.25) is 0 Å². The number of unbranched alkanes of at least 4 members (excludes halogenated alkanes) is 5. The van der Waals surface area contributed by atoms with Crippen LogP contribution in [0.4, 0.5) is 11.4 Å². The van der Waals surface area contributed by atoms with Crippen molar-refractivity contribution in [2.45, 2.75) is 52.4 Å². The fourth-order valence-electron chi connectivity index (χ4n) is 2.50.